The van der Waals surface area contributed by atoms with E-state index in [1.54, 1.807) is 0 Å². The molecule has 1 rings (SSSR count). The SMILES string of the molecule is CCCC(C)(C)NCc1cccc(Br)n1. The number of hydrogen-bond donors (Lipinski definition) is 1. The number of halogens is 1. The van der Waals surface area contributed by atoms with Crippen molar-refractivity contribution >= 4 is 15.9 Å². The van der Waals surface area contributed by atoms with Gasteiger partial charge in [0.1, 0.15) is 4.60 Å². The Morgan fingerprint density at radius 1 is 1.40 bits per heavy atom. The highest BCUT2D eigenvalue weighted by atomic mass is 79.9. The predicted molar refractivity (Wildman–Crippen MR) is 67.8 cm³/mol. The number of hydrogen-bond acceptors (Lipinski definition) is 2. The smallest absolute Gasteiger partial charge is 0.106 e. The molecular formula is C12H19BrN2. The van der Waals surface area contributed by atoms with E-state index in [-0.39, 0.29) is 5.54 Å². The summed E-state index contributed by atoms with van der Waals surface area (Å²) in [4.78, 5) is 4.39. The zero-order chi connectivity index (χ0) is 11.3. The van der Waals surface area contributed by atoms with Gasteiger partial charge in [0.15, 0.2) is 0 Å². The molecule has 0 aromatic carbocycles. The van der Waals surface area contributed by atoms with E-state index in [9.17, 15) is 0 Å². The van der Waals surface area contributed by atoms with Gasteiger partial charge in [-0.3, -0.25) is 0 Å². The van der Waals surface area contributed by atoms with E-state index < -0.39 is 0 Å². The molecular weight excluding hydrogens is 252 g/mol. The van der Waals surface area contributed by atoms with Crippen molar-refractivity contribution in [2.24, 2.45) is 0 Å². The molecule has 0 fully saturated rings. The Balaban J connectivity index is 2.49. The molecule has 0 saturated heterocycles. The summed E-state index contributed by atoms with van der Waals surface area (Å²) in [5.74, 6) is 0. The van der Waals surface area contributed by atoms with Crippen molar-refractivity contribution < 1.29 is 0 Å². The normalized spacial score (nSPS) is 11.7. The molecule has 1 aromatic rings. The second-order valence-electron chi connectivity index (χ2n) is 4.44. The van der Waals surface area contributed by atoms with Gasteiger partial charge in [0.2, 0.25) is 0 Å². The van der Waals surface area contributed by atoms with Crippen LogP contribution in [-0.4, -0.2) is 10.5 Å². The third-order valence-corrected chi connectivity index (χ3v) is 2.84. The van der Waals surface area contributed by atoms with E-state index in [1.807, 2.05) is 18.2 Å². The quantitative estimate of drug-likeness (QED) is 0.829. The van der Waals surface area contributed by atoms with Gasteiger partial charge in [0, 0.05) is 12.1 Å². The van der Waals surface area contributed by atoms with E-state index in [1.165, 1.54) is 12.8 Å². The summed E-state index contributed by atoms with van der Waals surface area (Å²) in [6.07, 6.45) is 2.38. The molecule has 0 radical (unpaired) electrons. The average molecular weight is 271 g/mol. The summed E-state index contributed by atoms with van der Waals surface area (Å²) in [5, 5.41) is 3.52. The zero-order valence-corrected chi connectivity index (χ0v) is 11.3. The number of aromatic nitrogens is 1. The molecule has 0 aliphatic heterocycles. The lowest BCUT2D eigenvalue weighted by Gasteiger charge is -2.25. The molecule has 3 heteroatoms. The molecule has 0 aliphatic carbocycles. The fourth-order valence-corrected chi connectivity index (χ4v) is 1.97. The number of nitrogens with zero attached hydrogens (tertiary/aromatic N) is 1. The van der Waals surface area contributed by atoms with Crippen molar-refractivity contribution in [3.8, 4) is 0 Å². The van der Waals surface area contributed by atoms with Crippen LogP contribution in [0.25, 0.3) is 0 Å². The van der Waals surface area contributed by atoms with Crippen molar-refractivity contribution in [1.82, 2.24) is 10.3 Å². The number of pyridine rings is 1. The molecule has 0 aliphatic rings. The minimum Gasteiger partial charge on any atom is -0.306 e. The van der Waals surface area contributed by atoms with Gasteiger partial charge < -0.3 is 5.32 Å². The van der Waals surface area contributed by atoms with Gasteiger partial charge >= 0.3 is 0 Å². The van der Waals surface area contributed by atoms with Crippen LogP contribution < -0.4 is 5.32 Å². The van der Waals surface area contributed by atoms with E-state index >= 15 is 0 Å². The van der Waals surface area contributed by atoms with Crippen LogP contribution in [0.4, 0.5) is 0 Å². The van der Waals surface area contributed by atoms with Gasteiger partial charge in [-0.05, 0) is 48.3 Å². The Morgan fingerprint density at radius 2 is 2.13 bits per heavy atom. The topological polar surface area (TPSA) is 24.9 Å². The highest BCUT2D eigenvalue weighted by Crippen LogP contribution is 2.12. The highest BCUT2D eigenvalue weighted by molar-refractivity contribution is 9.10. The summed E-state index contributed by atoms with van der Waals surface area (Å²) in [5.41, 5.74) is 1.27. The second-order valence-corrected chi connectivity index (χ2v) is 5.25. The van der Waals surface area contributed by atoms with Crippen LogP contribution in [0.3, 0.4) is 0 Å². The Labute approximate surface area is 101 Å². The molecule has 0 spiro atoms. The lowest BCUT2D eigenvalue weighted by molar-refractivity contribution is 0.355. The first-order valence-electron chi connectivity index (χ1n) is 5.40. The first-order chi connectivity index (χ1) is 7.03. The molecule has 15 heavy (non-hydrogen) atoms. The third kappa shape index (κ3) is 4.76. The largest absolute Gasteiger partial charge is 0.306 e. The molecule has 84 valence electrons. The van der Waals surface area contributed by atoms with Crippen molar-refractivity contribution in [2.45, 2.75) is 45.7 Å². The van der Waals surface area contributed by atoms with Crippen LogP contribution >= 0.6 is 15.9 Å². The van der Waals surface area contributed by atoms with Crippen molar-refractivity contribution in [3.63, 3.8) is 0 Å². The van der Waals surface area contributed by atoms with Gasteiger partial charge in [-0.25, -0.2) is 4.98 Å². The Kier molecular flexibility index (Phi) is 4.74. The number of rotatable bonds is 5. The van der Waals surface area contributed by atoms with E-state index in [0.717, 1.165) is 16.8 Å². The summed E-state index contributed by atoms with van der Waals surface area (Å²) in [6, 6.07) is 6.00. The molecule has 0 bridgehead atoms. The van der Waals surface area contributed by atoms with Gasteiger partial charge in [0.05, 0.1) is 5.69 Å². The van der Waals surface area contributed by atoms with Crippen LogP contribution in [0.2, 0.25) is 0 Å². The fourth-order valence-electron chi connectivity index (χ4n) is 1.59. The highest BCUT2D eigenvalue weighted by Gasteiger charge is 2.15. The van der Waals surface area contributed by atoms with Crippen LogP contribution in [0.15, 0.2) is 22.8 Å². The van der Waals surface area contributed by atoms with Crippen LogP contribution in [0.5, 0.6) is 0 Å². The van der Waals surface area contributed by atoms with Gasteiger partial charge in [-0.1, -0.05) is 19.4 Å². The molecule has 1 N–H and O–H groups in total. The Hall–Kier alpha value is -0.410. The average Bonchev–Trinajstić information content (AvgIpc) is 2.15. The molecule has 0 amide bonds. The van der Waals surface area contributed by atoms with Crippen LogP contribution in [-0.2, 0) is 6.54 Å². The summed E-state index contributed by atoms with van der Waals surface area (Å²) >= 11 is 3.37. The van der Waals surface area contributed by atoms with Gasteiger partial charge in [-0.2, -0.15) is 0 Å². The fraction of sp³-hybridized carbons (Fsp3) is 0.583. The maximum absolute atomic E-state index is 4.39. The summed E-state index contributed by atoms with van der Waals surface area (Å²) in [6.45, 7) is 7.50. The maximum Gasteiger partial charge on any atom is 0.106 e. The molecule has 0 unspecified atom stereocenters. The van der Waals surface area contributed by atoms with Crippen molar-refractivity contribution in [3.05, 3.63) is 28.5 Å². The molecule has 0 saturated carbocycles. The zero-order valence-electron chi connectivity index (χ0n) is 9.68. The second kappa shape index (κ2) is 5.61. The summed E-state index contributed by atoms with van der Waals surface area (Å²) < 4.78 is 0.898. The van der Waals surface area contributed by atoms with Gasteiger partial charge in [-0.15, -0.1) is 0 Å². The van der Waals surface area contributed by atoms with Crippen molar-refractivity contribution in [2.75, 3.05) is 0 Å². The lowest BCUT2D eigenvalue weighted by Crippen LogP contribution is -2.38. The molecule has 2 nitrogen and oxygen atoms in total. The standard InChI is InChI=1S/C12H19BrN2/c1-4-8-12(2,3)14-9-10-6-5-7-11(13)15-10/h5-7,14H,4,8-9H2,1-3H3. The van der Waals surface area contributed by atoms with Gasteiger partial charge in [0.25, 0.3) is 0 Å². The molecule has 1 heterocycles. The molecule has 0 atom stereocenters. The van der Waals surface area contributed by atoms with E-state index in [4.69, 9.17) is 0 Å². The van der Waals surface area contributed by atoms with Crippen LogP contribution in [0.1, 0.15) is 39.3 Å². The van der Waals surface area contributed by atoms with Crippen LogP contribution in [0, 0.1) is 0 Å². The maximum atomic E-state index is 4.39. The van der Waals surface area contributed by atoms with E-state index in [2.05, 4.69) is 47.0 Å². The molecule has 1 aromatic heterocycles. The predicted octanol–water partition coefficient (Wildman–Crippen LogP) is 3.51. The lowest BCUT2D eigenvalue weighted by atomic mass is 9.99. The third-order valence-electron chi connectivity index (χ3n) is 2.40. The van der Waals surface area contributed by atoms with Crippen molar-refractivity contribution in [1.29, 1.82) is 0 Å². The Morgan fingerprint density at radius 3 is 2.73 bits per heavy atom. The monoisotopic (exact) mass is 270 g/mol. The first-order valence-corrected chi connectivity index (χ1v) is 6.19. The number of nitrogens with one attached hydrogen (secondary N) is 1. The Bertz CT molecular complexity index is 310. The van der Waals surface area contributed by atoms with E-state index in [0.29, 0.717) is 0 Å². The minimum absolute atomic E-state index is 0.193. The summed E-state index contributed by atoms with van der Waals surface area (Å²) in [7, 11) is 0. The minimum atomic E-state index is 0.193. The first kappa shape index (κ1) is 12.7.